The molecular formula is C15H13ClN2OS. The second kappa shape index (κ2) is 5.87. The maximum Gasteiger partial charge on any atom is 0.261 e. The van der Waals surface area contributed by atoms with Gasteiger partial charge in [0, 0.05) is 9.92 Å². The maximum absolute atomic E-state index is 6.03. The van der Waals surface area contributed by atoms with E-state index >= 15 is 0 Å². The van der Waals surface area contributed by atoms with Crippen molar-refractivity contribution in [1.82, 2.24) is 4.98 Å². The number of nitrogens with two attached hydrogens (primary N) is 1. The van der Waals surface area contributed by atoms with Gasteiger partial charge in [0.25, 0.3) is 5.22 Å². The van der Waals surface area contributed by atoms with E-state index in [0.29, 0.717) is 11.8 Å². The summed E-state index contributed by atoms with van der Waals surface area (Å²) in [6.45, 7) is 0.585. The van der Waals surface area contributed by atoms with Gasteiger partial charge in [-0.3, -0.25) is 0 Å². The Labute approximate surface area is 126 Å². The van der Waals surface area contributed by atoms with Gasteiger partial charge in [0.15, 0.2) is 5.58 Å². The van der Waals surface area contributed by atoms with E-state index in [4.69, 9.17) is 21.8 Å². The van der Waals surface area contributed by atoms with E-state index in [-0.39, 0.29) is 0 Å². The van der Waals surface area contributed by atoms with Crippen LogP contribution in [0, 0.1) is 0 Å². The van der Waals surface area contributed by atoms with Gasteiger partial charge < -0.3 is 10.2 Å². The monoisotopic (exact) mass is 304 g/mol. The molecule has 0 aliphatic heterocycles. The van der Waals surface area contributed by atoms with Crippen LogP contribution < -0.4 is 5.73 Å². The number of hydrogen-bond donors (Lipinski definition) is 1. The molecule has 0 radical (unpaired) electrons. The number of hydrogen-bond acceptors (Lipinski definition) is 4. The molecule has 20 heavy (non-hydrogen) atoms. The number of aromatic nitrogens is 1. The maximum atomic E-state index is 6.03. The summed E-state index contributed by atoms with van der Waals surface area (Å²) < 4.78 is 5.72. The minimum atomic E-state index is 0.585. The molecule has 0 atom stereocenters. The highest BCUT2D eigenvalue weighted by atomic mass is 35.5. The van der Waals surface area contributed by atoms with E-state index in [1.54, 1.807) is 0 Å². The Bertz CT molecular complexity index is 709. The Hall–Kier alpha value is -1.49. The lowest BCUT2D eigenvalue weighted by molar-refractivity contribution is 0.489. The van der Waals surface area contributed by atoms with Crippen LogP contribution in [0.3, 0.4) is 0 Å². The molecule has 102 valence electrons. The first-order chi connectivity index (χ1) is 9.76. The lowest BCUT2D eigenvalue weighted by atomic mass is 10.1. The molecule has 0 amide bonds. The fourth-order valence-electron chi connectivity index (χ4n) is 1.99. The van der Waals surface area contributed by atoms with Crippen molar-refractivity contribution in [2.45, 2.75) is 16.5 Å². The fourth-order valence-corrected chi connectivity index (χ4v) is 3.07. The van der Waals surface area contributed by atoms with Crippen molar-refractivity contribution in [2.75, 3.05) is 6.54 Å². The van der Waals surface area contributed by atoms with Gasteiger partial charge in [-0.05, 0) is 60.6 Å². The molecule has 1 heterocycles. The summed E-state index contributed by atoms with van der Waals surface area (Å²) in [5, 5.41) is 1.35. The Morgan fingerprint density at radius 3 is 2.85 bits per heavy atom. The predicted molar refractivity (Wildman–Crippen MR) is 82.3 cm³/mol. The van der Waals surface area contributed by atoms with Crippen molar-refractivity contribution in [1.29, 1.82) is 0 Å². The molecule has 3 aromatic rings. The van der Waals surface area contributed by atoms with Gasteiger partial charge in [0.1, 0.15) is 5.52 Å². The summed E-state index contributed by atoms with van der Waals surface area (Å²) in [6, 6.07) is 13.5. The van der Waals surface area contributed by atoms with Crippen molar-refractivity contribution < 1.29 is 4.42 Å². The molecule has 1 aromatic heterocycles. The van der Waals surface area contributed by atoms with Crippen LogP contribution in [0.15, 0.2) is 57.0 Å². The van der Waals surface area contributed by atoms with E-state index < -0.39 is 0 Å². The van der Waals surface area contributed by atoms with Crippen LogP contribution in [0.4, 0.5) is 0 Å². The third-order valence-corrected chi connectivity index (χ3v) is 4.11. The highest BCUT2D eigenvalue weighted by Gasteiger charge is 2.10. The summed E-state index contributed by atoms with van der Waals surface area (Å²) in [5.74, 6) is 0. The second-order valence-corrected chi connectivity index (χ2v) is 5.77. The zero-order valence-electron chi connectivity index (χ0n) is 10.7. The minimum Gasteiger partial charge on any atom is -0.431 e. The zero-order valence-corrected chi connectivity index (χ0v) is 12.2. The molecule has 0 unspecified atom stereocenters. The Kier molecular flexibility index (Phi) is 3.96. The van der Waals surface area contributed by atoms with Gasteiger partial charge >= 0.3 is 0 Å². The van der Waals surface area contributed by atoms with E-state index in [1.165, 1.54) is 11.8 Å². The molecule has 0 fully saturated rings. The number of halogens is 1. The molecule has 0 aliphatic rings. The van der Waals surface area contributed by atoms with Crippen molar-refractivity contribution in [2.24, 2.45) is 5.73 Å². The average molecular weight is 305 g/mol. The van der Waals surface area contributed by atoms with Gasteiger partial charge in [-0.15, -0.1) is 0 Å². The molecule has 0 saturated carbocycles. The Balaban J connectivity index is 1.93. The van der Waals surface area contributed by atoms with Gasteiger partial charge in [0.05, 0.1) is 0 Å². The quantitative estimate of drug-likeness (QED) is 0.787. The lowest BCUT2D eigenvalue weighted by Crippen LogP contribution is -2.03. The zero-order chi connectivity index (χ0) is 13.9. The smallest absolute Gasteiger partial charge is 0.261 e. The van der Waals surface area contributed by atoms with E-state index in [0.717, 1.165) is 33.0 Å². The lowest BCUT2D eigenvalue weighted by Gasteiger charge is -2.06. The molecule has 5 heteroatoms. The highest BCUT2D eigenvalue weighted by Crippen LogP contribution is 2.33. The van der Waals surface area contributed by atoms with Crippen LogP contribution in [-0.4, -0.2) is 11.5 Å². The van der Waals surface area contributed by atoms with Gasteiger partial charge in [-0.2, -0.15) is 0 Å². The van der Waals surface area contributed by atoms with Crippen molar-refractivity contribution in [3.8, 4) is 0 Å². The first kappa shape index (κ1) is 13.5. The largest absolute Gasteiger partial charge is 0.431 e. The van der Waals surface area contributed by atoms with Crippen LogP contribution in [0.2, 0.25) is 5.02 Å². The normalized spacial score (nSPS) is 11.1. The summed E-state index contributed by atoms with van der Waals surface area (Å²) in [5.41, 5.74) is 8.42. The van der Waals surface area contributed by atoms with Crippen LogP contribution in [0.25, 0.3) is 11.1 Å². The molecule has 3 nitrogen and oxygen atoms in total. The van der Waals surface area contributed by atoms with Crippen LogP contribution >= 0.6 is 23.4 Å². The topological polar surface area (TPSA) is 52.0 Å². The molecule has 0 spiro atoms. The molecular weight excluding hydrogens is 292 g/mol. The molecule has 3 rings (SSSR count). The third-order valence-electron chi connectivity index (χ3n) is 2.91. The first-order valence-electron chi connectivity index (χ1n) is 6.28. The second-order valence-electron chi connectivity index (χ2n) is 4.34. The van der Waals surface area contributed by atoms with Crippen LogP contribution in [0.5, 0.6) is 0 Å². The Morgan fingerprint density at radius 1 is 1.20 bits per heavy atom. The minimum absolute atomic E-state index is 0.585. The first-order valence-corrected chi connectivity index (χ1v) is 7.47. The number of fused-ring (bicyclic) bond motifs is 1. The number of nitrogens with zero attached hydrogens (tertiary/aromatic N) is 1. The summed E-state index contributed by atoms with van der Waals surface area (Å²) in [6.07, 6.45) is 0.781. The van der Waals surface area contributed by atoms with Crippen molar-refractivity contribution in [3.05, 3.63) is 53.1 Å². The van der Waals surface area contributed by atoms with Crippen molar-refractivity contribution in [3.63, 3.8) is 0 Å². The third kappa shape index (κ3) is 2.82. The molecule has 2 N–H and O–H groups in total. The van der Waals surface area contributed by atoms with Gasteiger partial charge in [-0.25, -0.2) is 4.98 Å². The highest BCUT2D eigenvalue weighted by molar-refractivity contribution is 7.99. The molecule has 0 saturated heterocycles. The fraction of sp³-hybridized carbons (Fsp3) is 0.133. The molecule has 2 aromatic carbocycles. The van der Waals surface area contributed by atoms with Crippen LogP contribution in [-0.2, 0) is 6.42 Å². The number of oxazole rings is 1. The van der Waals surface area contributed by atoms with Gasteiger partial charge in [-0.1, -0.05) is 23.7 Å². The van der Waals surface area contributed by atoms with Gasteiger partial charge in [0.2, 0.25) is 0 Å². The summed E-state index contributed by atoms with van der Waals surface area (Å²) in [7, 11) is 0. The molecule has 0 aliphatic carbocycles. The number of para-hydroxylation sites is 2. The SMILES string of the molecule is NCCc1cc(Cl)ccc1Sc1nc2ccccc2o1. The van der Waals surface area contributed by atoms with Crippen LogP contribution in [0.1, 0.15) is 5.56 Å². The number of rotatable bonds is 4. The van der Waals surface area contributed by atoms with E-state index in [2.05, 4.69) is 4.98 Å². The predicted octanol–water partition coefficient (Wildman–Crippen LogP) is 4.13. The van der Waals surface area contributed by atoms with E-state index in [9.17, 15) is 0 Å². The molecule has 0 bridgehead atoms. The average Bonchev–Trinajstić information content (AvgIpc) is 2.84. The summed E-state index contributed by atoms with van der Waals surface area (Å²) >= 11 is 7.53. The standard InChI is InChI=1S/C15H13ClN2OS/c16-11-5-6-14(10(9-11)7-8-17)20-15-18-12-3-1-2-4-13(12)19-15/h1-6,9H,7-8,17H2. The Morgan fingerprint density at radius 2 is 2.05 bits per heavy atom. The van der Waals surface area contributed by atoms with E-state index in [1.807, 2.05) is 42.5 Å². The van der Waals surface area contributed by atoms with Crippen molar-refractivity contribution >= 4 is 34.5 Å². The summed E-state index contributed by atoms with van der Waals surface area (Å²) in [4.78, 5) is 5.54. The number of benzene rings is 2.